The van der Waals surface area contributed by atoms with Gasteiger partial charge in [-0.25, -0.2) is 4.79 Å². The number of nitrogens with one attached hydrogen (secondary N) is 2. The summed E-state index contributed by atoms with van der Waals surface area (Å²) in [7, 11) is 0. The van der Waals surface area contributed by atoms with Crippen molar-refractivity contribution >= 4 is 29.2 Å². The summed E-state index contributed by atoms with van der Waals surface area (Å²) in [5.41, 5.74) is 2.26. The Bertz CT molecular complexity index is 1060. The second kappa shape index (κ2) is 12.9. The summed E-state index contributed by atoms with van der Waals surface area (Å²) in [6, 6.07) is 17.0. The number of urea groups is 1. The number of hydrogen-bond donors (Lipinski definition) is 2. The first kappa shape index (κ1) is 26.3. The van der Waals surface area contributed by atoms with Crippen molar-refractivity contribution < 1.29 is 14.4 Å². The molecule has 1 aliphatic heterocycles. The van der Waals surface area contributed by atoms with Crippen molar-refractivity contribution in [3.8, 4) is 0 Å². The molecule has 196 valence electrons. The van der Waals surface area contributed by atoms with Crippen LogP contribution in [0.25, 0.3) is 0 Å². The topological polar surface area (TPSA) is 85.0 Å². The predicted octanol–water partition coefficient (Wildman–Crippen LogP) is 4.12. The minimum absolute atomic E-state index is 0.0563. The highest BCUT2D eigenvalue weighted by Crippen LogP contribution is 2.21. The zero-order valence-electron chi connectivity index (χ0n) is 21.4. The van der Waals surface area contributed by atoms with Gasteiger partial charge in [-0.15, -0.1) is 6.58 Å². The fraction of sp³-hybridized carbons (Fsp3) is 0.414. The van der Waals surface area contributed by atoms with Gasteiger partial charge in [-0.05, 0) is 49.2 Å². The molecule has 1 saturated heterocycles. The molecular formula is C29H37N5O3. The maximum atomic E-state index is 12.8. The van der Waals surface area contributed by atoms with Crippen molar-refractivity contribution in [2.45, 2.75) is 38.1 Å². The molecule has 2 fully saturated rings. The number of amides is 4. The van der Waals surface area contributed by atoms with Gasteiger partial charge in [0.15, 0.2) is 0 Å². The van der Waals surface area contributed by atoms with Gasteiger partial charge in [0, 0.05) is 55.7 Å². The maximum Gasteiger partial charge on any atom is 0.317 e. The van der Waals surface area contributed by atoms with Crippen LogP contribution >= 0.6 is 0 Å². The molecular weight excluding hydrogens is 466 g/mol. The second-order valence-corrected chi connectivity index (χ2v) is 9.69. The van der Waals surface area contributed by atoms with Gasteiger partial charge in [0.25, 0.3) is 5.91 Å². The third-order valence-corrected chi connectivity index (χ3v) is 7.01. The van der Waals surface area contributed by atoms with Gasteiger partial charge < -0.3 is 25.3 Å². The minimum Gasteiger partial charge on any atom is -0.368 e. The van der Waals surface area contributed by atoms with Crippen LogP contribution in [0.15, 0.2) is 67.3 Å². The molecule has 2 N–H and O–H groups in total. The first-order valence-electron chi connectivity index (χ1n) is 13.2. The summed E-state index contributed by atoms with van der Waals surface area (Å²) < 4.78 is 0. The molecule has 4 rings (SSSR count). The molecule has 0 atom stereocenters. The van der Waals surface area contributed by atoms with Gasteiger partial charge in [0.1, 0.15) is 6.54 Å². The molecule has 0 radical (unpaired) electrons. The summed E-state index contributed by atoms with van der Waals surface area (Å²) in [6.45, 7) is 6.83. The van der Waals surface area contributed by atoms with Gasteiger partial charge in [0.2, 0.25) is 5.91 Å². The third kappa shape index (κ3) is 7.35. The molecule has 1 saturated carbocycles. The van der Waals surface area contributed by atoms with Crippen LogP contribution in [0, 0.1) is 0 Å². The quantitative estimate of drug-likeness (QED) is 0.531. The number of rotatable bonds is 8. The van der Waals surface area contributed by atoms with E-state index in [9.17, 15) is 14.4 Å². The zero-order chi connectivity index (χ0) is 26.0. The summed E-state index contributed by atoms with van der Waals surface area (Å²) in [4.78, 5) is 43.7. The van der Waals surface area contributed by atoms with E-state index in [1.165, 1.54) is 24.2 Å². The molecule has 2 aromatic carbocycles. The summed E-state index contributed by atoms with van der Waals surface area (Å²) in [6.07, 6.45) is 7.47. The predicted molar refractivity (Wildman–Crippen MR) is 147 cm³/mol. The van der Waals surface area contributed by atoms with Gasteiger partial charge >= 0.3 is 6.03 Å². The average molecular weight is 504 g/mol. The largest absolute Gasteiger partial charge is 0.368 e. The molecule has 0 bridgehead atoms. The Morgan fingerprint density at radius 2 is 1.59 bits per heavy atom. The number of nitrogens with zero attached hydrogens (tertiary/aromatic N) is 3. The smallest absolute Gasteiger partial charge is 0.317 e. The molecule has 0 spiro atoms. The van der Waals surface area contributed by atoms with E-state index < -0.39 is 0 Å². The van der Waals surface area contributed by atoms with E-state index in [-0.39, 0.29) is 30.9 Å². The third-order valence-electron chi connectivity index (χ3n) is 7.01. The van der Waals surface area contributed by atoms with Crippen molar-refractivity contribution in [1.82, 2.24) is 15.1 Å². The number of carbonyl (C=O) groups excluding carboxylic acids is 3. The average Bonchev–Trinajstić information content (AvgIpc) is 2.94. The Labute approximate surface area is 219 Å². The van der Waals surface area contributed by atoms with E-state index in [0.29, 0.717) is 30.4 Å². The highest BCUT2D eigenvalue weighted by atomic mass is 16.2. The first-order valence-corrected chi connectivity index (χ1v) is 13.2. The van der Waals surface area contributed by atoms with Crippen LogP contribution in [0.2, 0.25) is 0 Å². The Kier molecular flexibility index (Phi) is 9.18. The lowest BCUT2D eigenvalue weighted by molar-refractivity contribution is -0.116. The second-order valence-electron chi connectivity index (χ2n) is 9.69. The van der Waals surface area contributed by atoms with Crippen LogP contribution in [-0.4, -0.2) is 73.0 Å². The van der Waals surface area contributed by atoms with E-state index in [0.717, 1.165) is 31.6 Å². The Morgan fingerprint density at radius 3 is 2.24 bits per heavy atom. The standard InChI is InChI=1S/C29H37N5O3/c1-2-17-34(28(36)23-9-5-3-6-10-23)22-27(35)30-25-13-15-26(16-14-25)32-18-20-33(21-19-32)29(37)31-24-11-7-4-8-12-24/h2-3,5-6,9-10,13-16,24H,1,4,7-8,11-12,17-22H2,(H,30,35)(H,31,37). The van der Waals surface area contributed by atoms with Crippen molar-refractivity contribution in [3.05, 3.63) is 72.8 Å². The lowest BCUT2D eigenvalue weighted by Crippen LogP contribution is -2.53. The van der Waals surface area contributed by atoms with Crippen LogP contribution < -0.4 is 15.5 Å². The van der Waals surface area contributed by atoms with Gasteiger partial charge in [-0.3, -0.25) is 9.59 Å². The SMILES string of the molecule is C=CCN(CC(=O)Nc1ccc(N2CCN(C(=O)NC3CCCCC3)CC2)cc1)C(=O)c1ccccc1. The molecule has 1 aliphatic carbocycles. The minimum atomic E-state index is -0.267. The summed E-state index contributed by atoms with van der Waals surface area (Å²) in [5.74, 6) is -0.478. The van der Waals surface area contributed by atoms with Crippen molar-refractivity contribution in [3.63, 3.8) is 0 Å². The number of hydrogen-bond acceptors (Lipinski definition) is 4. The molecule has 2 aromatic rings. The Balaban J connectivity index is 1.25. The van der Waals surface area contributed by atoms with E-state index in [2.05, 4.69) is 22.1 Å². The molecule has 8 nitrogen and oxygen atoms in total. The zero-order valence-corrected chi connectivity index (χ0v) is 21.4. The normalized spacial score (nSPS) is 16.1. The van der Waals surface area contributed by atoms with Gasteiger partial charge in [0.05, 0.1) is 0 Å². The van der Waals surface area contributed by atoms with Crippen LogP contribution in [0.3, 0.4) is 0 Å². The highest BCUT2D eigenvalue weighted by molar-refractivity contribution is 5.99. The van der Waals surface area contributed by atoms with E-state index >= 15 is 0 Å². The summed E-state index contributed by atoms with van der Waals surface area (Å²) >= 11 is 0. The molecule has 0 unspecified atom stereocenters. The van der Waals surface area contributed by atoms with E-state index in [4.69, 9.17) is 0 Å². The van der Waals surface area contributed by atoms with Gasteiger partial charge in [-0.1, -0.05) is 43.5 Å². The molecule has 2 aliphatic rings. The monoisotopic (exact) mass is 503 g/mol. The molecule has 8 heteroatoms. The number of benzene rings is 2. The number of piperazine rings is 1. The van der Waals surface area contributed by atoms with Crippen LogP contribution in [0.5, 0.6) is 0 Å². The van der Waals surface area contributed by atoms with Crippen LogP contribution in [0.4, 0.5) is 16.2 Å². The van der Waals surface area contributed by atoms with E-state index in [1.807, 2.05) is 35.2 Å². The lowest BCUT2D eigenvalue weighted by atomic mass is 9.96. The Hall–Kier alpha value is -3.81. The fourth-order valence-corrected chi connectivity index (χ4v) is 4.95. The molecule has 4 amide bonds. The summed E-state index contributed by atoms with van der Waals surface area (Å²) in [5, 5.41) is 6.09. The maximum absolute atomic E-state index is 12.8. The molecule has 37 heavy (non-hydrogen) atoms. The molecule has 1 heterocycles. The number of anilines is 2. The fourth-order valence-electron chi connectivity index (χ4n) is 4.95. The van der Waals surface area contributed by atoms with Crippen molar-refractivity contribution in [2.24, 2.45) is 0 Å². The number of carbonyl (C=O) groups is 3. The van der Waals surface area contributed by atoms with Crippen LogP contribution in [0.1, 0.15) is 42.5 Å². The van der Waals surface area contributed by atoms with Gasteiger partial charge in [-0.2, -0.15) is 0 Å². The van der Waals surface area contributed by atoms with Crippen molar-refractivity contribution in [2.75, 3.05) is 49.5 Å². The Morgan fingerprint density at radius 1 is 0.919 bits per heavy atom. The van der Waals surface area contributed by atoms with Crippen molar-refractivity contribution in [1.29, 1.82) is 0 Å². The molecule has 0 aromatic heterocycles. The lowest BCUT2D eigenvalue weighted by Gasteiger charge is -2.37. The van der Waals surface area contributed by atoms with E-state index in [1.54, 1.807) is 30.3 Å². The van der Waals surface area contributed by atoms with Crippen LogP contribution in [-0.2, 0) is 4.79 Å². The first-order chi connectivity index (χ1) is 18.0. The highest BCUT2D eigenvalue weighted by Gasteiger charge is 2.24.